The van der Waals surface area contributed by atoms with Gasteiger partial charge in [0.2, 0.25) is 11.8 Å². The molecule has 0 radical (unpaired) electrons. The Kier molecular flexibility index (Phi) is 8.17. The summed E-state index contributed by atoms with van der Waals surface area (Å²) >= 11 is 0. The molecule has 9 nitrogen and oxygen atoms in total. The van der Waals surface area contributed by atoms with Crippen LogP contribution in [0.5, 0.6) is 0 Å². The molecule has 0 N–H and O–H groups in total. The van der Waals surface area contributed by atoms with Crippen molar-refractivity contribution in [2.24, 2.45) is 0 Å². The molecule has 2 aromatic rings. The lowest BCUT2D eigenvalue weighted by molar-refractivity contribution is -0.131. The molecule has 0 aliphatic carbocycles. The number of aryl methyl sites for hydroxylation is 2. The topological polar surface area (TPSA) is 96.2 Å². The van der Waals surface area contributed by atoms with E-state index in [4.69, 9.17) is 9.26 Å². The Morgan fingerprint density at radius 2 is 1.89 bits per heavy atom. The molecule has 2 aliphatic rings. The third-order valence-corrected chi connectivity index (χ3v) is 6.65. The van der Waals surface area contributed by atoms with Crippen molar-refractivity contribution in [3.8, 4) is 0 Å². The van der Waals surface area contributed by atoms with E-state index in [2.05, 4.69) is 5.16 Å². The van der Waals surface area contributed by atoms with E-state index in [0.717, 1.165) is 18.5 Å². The highest BCUT2D eigenvalue weighted by Crippen LogP contribution is 2.20. The number of carbonyl (C=O) groups excluding carboxylic acids is 3. The molecule has 0 bridgehead atoms. The first-order valence-corrected chi connectivity index (χ1v) is 12.4. The fourth-order valence-electron chi connectivity index (χ4n) is 4.73. The van der Waals surface area contributed by atoms with Crippen LogP contribution < -0.4 is 0 Å². The van der Waals surface area contributed by atoms with Crippen LogP contribution in [0, 0.1) is 6.92 Å². The normalized spacial score (nSPS) is 18.9. The lowest BCUT2D eigenvalue weighted by Crippen LogP contribution is -2.40. The van der Waals surface area contributed by atoms with Crippen molar-refractivity contribution in [1.29, 1.82) is 0 Å². The van der Waals surface area contributed by atoms with Crippen LogP contribution in [0.4, 0.5) is 0 Å². The Morgan fingerprint density at radius 3 is 2.60 bits per heavy atom. The Balaban J connectivity index is 1.47. The number of hydrogen-bond donors (Lipinski definition) is 0. The molecule has 1 atom stereocenters. The van der Waals surface area contributed by atoms with Gasteiger partial charge >= 0.3 is 0 Å². The van der Waals surface area contributed by atoms with Crippen LogP contribution in [0.2, 0.25) is 0 Å². The summed E-state index contributed by atoms with van der Waals surface area (Å²) in [7, 11) is 0. The highest BCUT2D eigenvalue weighted by atomic mass is 16.5. The first kappa shape index (κ1) is 24.9. The molecule has 0 saturated carbocycles. The molecule has 2 aliphatic heterocycles. The SMILES string of the molecule is CCc1noc(C)c1C(=O)N1CC(=O)N(CCCN2CCCC2=O)CC(OCc2ccccc2)C1. The van der Waals surface area contributed by atoms with E-state index in [1.54, 1.807) is 16.7 Å². The van der Waals surface area contributed by atoms with Gasteiger partial charge < -0.3 is 24.0 Å². The number of rotatable bonds is 9. The van der Waals surface area contributed by atoms with E-state index in [-0.39, 0.29) is 30.4 Å². The molecule has 188 valence electrons. The summed E-state index contributed by atoms with van der Waals surface area (Å²) in [6.07, 6.45) is 2.42. The minimum atomic E-state index is -0.343. The van der Waals surface area contributed by atoms with Crippen LogP contribution in [0.3, 0.4) is 0 Å². The molecule has 3 amide bonds. The maximum atomic E-state index is 13.5. The van der Waals surface area contributed by atoms with Gasteiger partial charge in [-0.1, -0.05) is 42.4 Å². The van der Waals surface area contributed by atoms with Crippen molar-refractivity contribution in [2.45, 2.75) is 52.2 Å². The second-order valence-corrected chi connectivity index (χ2v) is 9.20. The number of benzene rings is 1. The summed E-state index contributed by atoms with van der Waals surface area (Å²) < 4.78 is 11.5. The third kappa shape index (κ3) is 6.08. The lowest BCUT2D eigenvalue weighted by Gasteiger charge is -2.25. The summed E-state index contributed by atoms with van der Waals surface area (Å²) in [4.78, 5) is 43.8. The fraction of sp³-hybridized carbons (Fsp3) is 0.538. The number of carbonyl (C=O) groups is 3. The predicted octanol–water partition coefficient (Wildman–Crippen LogP) is 2.43. The molecule has 9 heteroatoms. The van der Waals surface area contributed by atoms with Gasteiger partial charge in [0, 0.05) is 39.1 Å². The largest absolute Gasteiger partial charge is 0.370 e. The number of hydrogen-bond acceptors (Lipinski definition) is 6. The quantitative estimate of drug-likeness (QED) is 0.545. The van der Waals surface area contributed by atoms with E-state index in [1.807, 2.05) is 42.2 Å². The maximum absolute atomic E-state index is 13.5. The number of aromatic nitrogens is 1. The van der Waals surface area contributed by atoms with Crippen LogP contribution in [-0.4, -0.2) is 83.0 Å². The molecular weight excluding hydrogens is 448 g/mol. The fourth-order valence-corrected chi connectivity index (χ4v) is 4.73. The van der Waals surface area contributed by atoms with E-state index >= 15 is 0 Å². The van der Waals surface area contributed by atoms with E-state index in [1.165, 1.54) is 0 Å². The van der Waals surface area contributed by atoms with Gasteiger partial charge in [-0.25, -0.2) is 0 Å². The van der Waals surface area contributed by atoms with Gasteiger partial charge in [0.25, 0.3) is 5.91 Å². The minimum absolute atomic E-state index is 0.0273. The van der Waals surface area contributed by atoms with Gasteiger partial charge in [-0.15, -0.1) is 0 Å². The second kappa shape index (κ2) is 11.5. The van der Waals surface area contributed by atoms with Crippen LogP contribution >= 0.6 is 0 Å². The molecule has 2 fully saturated rings. The number of likely N-dealkylation sites (tertiary alicyclic amines) is 1. The maximum Gasteiger partial charge on any atom is 0.259 e. The Bertz CT molecular complexity index is 1040. The van der Waals surface area contributed by atoms with Gasteiger partial charge in [0.05, 0.1) is 18.4 Å². The molecule has 35 heavy (non-hydrogen) atoms. The van der Waals surface area contributed by atoms with Crippen molar-refractivity contribution in [3.63, 3.8) is 0 Å². The molecule has 3 heterocycles. The van der Waals surface area contributed by atoms with E-state index in [0.29, 0.717) is 69.1 Å². The monoisotopic (exact) mass is 482 g/mol. The van der Waals surface area contributed by atoms with E-state index in [9.17, 15) is 14.4 Å². The molecule has 1 aromatic heterocycles. The third-order valence-electron chi connectivity index (χ3n) is 6.65. The van der Waals surface area contributed by atoms with Crippen LogP contribution in [0.15, 0.2) is 34.9 Å². The summed E-state index contributed by atoms with van der Waals surface area (Å²) in [5.41, 5.74) is 2.06. The molecular formula is C26H34N4O5. The molecule has 0 spiro atoms. The Hall–Kier alpha value is -3.20. The first-order chi connectivity index (χ1) is 17.0. The number of nitrogens with zero attached hydrogens (tertiary/aromatic N) is 4. The highest BCUT2D eigenvalue weighted by molar-refractivity contribution is 5.98. The number of ether oxygens (including phenoxy) is 1. The average molecular weight is 483 g/mol. The zero-order valence-electron chi connectivity index (χ0n) is 20.6. The Morgan fingerprint density at radius 1 is 1.11 bits per heavy atom. The molecule has 4 rings (SSSR count). The molecule has 2 saturated heterocycles. The average Bonchev–Trinajstić information content (AvgIpc) is 3.40. The summed E-state index contributed by atoms with van der Waals surface area (Å²) in [5, 5.41) is 4.01. The van der Waals surface area contributed by atoms with Crippen LogP contribution in [0.1, 0.15) is 53.6 Å². The smallest absolute Gasteiger partial charge is 0.259 e. The van der Waals surface area contributed by atoms with Crippen molar-refractivity contribution >= 4 is 17.7 Å². The van der Waals surface area contributed by atoms with Gasteiger partial charge in [0.1, 0.15) is 17.9 Å². The highest BCUT2D eigenvalue weighted by Gasteiger charge is 2.34. The molecule has 1 aromatic carbocycles. The van der Waals surface area contributed by atoms with Crippen LogP contribution in [0.25, 0.3) is 0 Å². The second-order valence-electron chi connectivity index (χ2n) is 9.20. The summed E-state index contributed by atoms with van der Waals surface area (Å²) in [6.45, 7) is 6.64. The van der Waals surface area contributed by atoms with Crippen molar-refractivity contribution < 1.29 is 23.6 Å². The van der Waals surface area contributed by atoms with Crippen molar-refractivity contribution in [2.75, 3.05) is 39.3 Å². The number of amides is 3. The lowest BCUT2D eigenvalue weighted by atomic mass is 10.1. The van der Waals surface area contributed by atoms with Gasteiger partial charge in [-0.3, -0.25) is 14.4 Å². The van der Waals surface area contributed by atoms with E-state index < -0.39 is 0 Å². The minimum Gasteiger partial charge on any atom is -0.370 e. The van der Waals surface area contributed by atoms with Crippen molar-refractivity contribution in [3.05, 3.63) is 52.9 Å². The predicted molar refractivity (Wildman–Crippen MR) is 129 cm³/mol. The van der Waals surface area contributed by atoms with Gasteiger partial charge in [-0.2, -0.15) is 0 Å². The zero-order valence-corrected chi connectivity index (χ0v) is 20.6. The zero-order chi connectivity index (χ0) is 24.8. The standard InChI is InChI=1S/C26H34N4O5/c1-3-22-25(19(2)35-27-22)26(33)30-16-21(34-18-20-9-5-4-6-10-20)15-29(24(32)17-30)14-8-13-28-12-7-11-23(28)31/h4-6,9-10,21H,3,7-8,11-18H2,1-2H3. The van der Waals surface area contributed by atoms with Gasteiger partial charge in [-0.05, 0) is 31.7 Å². The van der Waals surface area contributed by atoms with Gasteiger partial charge in [0.15, 0.2) is 0 Å². The summed E-state index contributed by atoms with van der Waals surface area (Å²) in [6, 6.07) is 9.84. The molecule has 1 unspecified atom stereocenters. The Labute approximate surface area is 206 Å². The first-order valence-electron chi connectivity index (χ1n) is 12.4. The van der Waals surface area contributed by atoms with Crippen LogP contribution in [-0.2, 0) is 27.4 Å². The van der Waals surface area contributed by atoms with Crippen molar-refractivity contribution in [1.82, 2.24) is 19.9 Å². The summed E-state index contributed by atoms with van der Waals surface area (Å²) in [5.74, 6) is 0.261.